The van der Waals surface area contributed by atoms with Crippen LogP contribution in [0.3, 0.4) is 0 Å². The van der Waals surface area contributed by atoms with Crippen LogP contribution in [0.4, 0.5) is 5.82 Å². The van der Waals surface area contributed by atoms with E-state index in [1.165, 1.54) is 12.3 Å². The van der Waals surface area contributed by atoms with Gasteiger partial charge in [-0.15, -0.1) is 0 Å². The summed E-state index contributed by atoms with van der Waals surface area (Å²) >= 11 is 0. The summed E-state index contributed by atoms with van der Waals surface area (Å²) in [4.78, 5) is 15.0. The van der Waals surface area contributed by atoms with Gasteiger partial charge in [0, 0.05) is 55.6 Å². The maximum Gasteiger partial charge on any atom is 0.351 e. The van der Waals surface area contributed by atoms with E-state index in [0.717, 1.165) is 4.57 Å². The maximum atomic E-state index is 11.5. The predicted molar refractivity (Wildman–Crippen MR) is 55.9 cm³/mol. The minimum atomic E-state index is -1.31. The van der Waals surface area contributed by atoms with Gasteiger partial charge < -0.3 is 25.8 Å². The molecule has 9 heteroatoms. The van der Waals surface area contributed by atoms with Gasteiger partial charge in [0.05, 0.1) is 6.61 Å². The molecule has 1 aliphatic rings. The zero-order valence-electron chi connectivity index (χ0n) is 9.18. The third kappa shape index (κ3) is 2.98. The Morgan fingerprint density at radius 2 is 2.11 bits per heavy atom. The maximum absolute atomic E-state index is 11.5. The van der Waals surface area contributed by atoms with Crippen molar-refractivity contribution in [3.63, 3.8) is 0 Å². The second kappa shape index (κ2) is 6.51. The van der Waals surface area contributed by atoms with E-state index in [4.69, 9.17) is 15.6 Å². The smallest absolute Gasteiger partial charge is 0.351 e. The molecule has 1 aromatic heterocycles. The standard InChI is InChI=1S/C9H13N3O5.Eu/c10-5-1-2-12(9(16)11-5)8-7(15)6(14)4(3-13)17-8;/h1-2,4,6-8,13-15H,3H2,(H2,10,11,16);/t4-,6-,7-,8-;/m1./s1. The largest absolute Gasteiger partial charge is 0.394 e. The van der Waals surface area contributed by atoms with Crippen LogP contribution in [0.5, 0.6) is 0 Å². The number of aliphatic hydroxyl groups excluding tert-OH is 3. The predicted octanol–water partition coefficient (Wildman–Crippen LogP) is -2.56. The van der Waals surface area contributed by atoms with E-state index < -0.39 is 36.8 Å². The Labute approximate surface area is 143 Å². The normalized spacial score (nSPS) is 31.1. The molecule has 5 N–H and O–H groups in total. The first-order valence-corrected chi connectivity index (χ1v) is 5.01. The van der Waals surface area contributed by atoms with Gasteiger partial charge in [-0.25, -0.2) is 4.79 Å². The summed E-state index contributed by atoms with van der Waals surface area (Å²) in [5.74, 6) is 0.0537. The van der Waals surface area contributed by atoms with Gasteiger partial charge in [-0.05, 0) is 6.07 Å². The summed E-state index contributed by atoms with van der Waals surface area (Å²) in [6, 6.07) is 1.37. The van der Waals surface area contributed by atoms with E-state index in [2.05, 4.69) is 4.98 Å². The van der Waals surface area contributed by atoms with E-state index in [9.17, 15) is 15.0 Å². The molecule has 101 valence electrons. The van der Waals surface area contributed by atoms with Crippen molar-refractivity contribution in [2.24, 2.45) is 0 Å². The number of aromatic nitrogens is 2. The molecular formula is C9H13EuN3O5. The first-order valence-electron chi connectivity index (χ1n) is 5.01. The summed E-state index contributed by atoms with van der Waals surface area (Å²) in [6.45, 7) is -0.453. The molecule has 18 heavy (non-hydrogen) atoms. The van der Waals surface area contributed by atoms with Crippen molar-refractivity contribution in [2.45, 2.75) is 24.5 Å². The zero-order chi connectivity index (χ0) is 12.6. The first-order chi connectivity index (χ1) is 8.04. The molecule has 1 aliphatic heterocycles. The third-order valence-corrected chi connectivity index (χ3v) is 2.64. The van der Waals surface area contributed by atoms with Crippen molar-refractivity contribution in [1.82, 2.24) is 9.55 Å². The van der Waals surface area contributed by atoms with Gasteiger partial charge in [-0.3, -0.25) is 4.57 Å². The molecule has 0 saturated carbocycles. The Hall–Kier alpha value is 0.104. The van der Waals surface area contributed by atoms with E-state index in [-0.39, 0.29) is 55.2 Å². The van der Waals surface area contributed by atoms with E-state index in [1.54, 1.807) is 0 Å². The van der Waals surface area contributed by atoms with Gasteiger partial charge in [0.15, 0.2) is 6.23 Å². The number of ether oxygens (including phenoxy) is 1. The Morgan fingerprint density at radius 1 is 1.44 bits per heavy atom. The fourth-order valence-corrected chi connectivity index (χ4v) is 1.73. The average molecular weight is 395 g/mol. The van der Waals surface area contributed by atoms with Crippen molar-refractivity contribution in [1.29, 1.82) is 0 Å². The number of nitrogens with zero attached hydrogens (tertiary/aromatic N) is 2. The van der Waals surface area contributed by atoms with Gasteiger partial charge in [0.1, 0.15) is 24.1 Å². The van der Waals surface area contributed by atoms with Gasteiger partial charge in [-0.2, -0.15) is 4.98 Å². The molecule has 1 radical (unpaired) electrons. The topological polar surface area (TPSA) is 131 Å². The molecule has 1 saturated heterocycles. The van der Waals surface area contributed by atoms with Gasteiger partial charge in [-0.1, -0.05) is 0 Å². The summed E-state index contributed by atoms with van der Waals surface area (Å²) in [7, 11) is 0. The minimum absolute atomic E-state index is 0. The van der Waals surface area contributed by atoms with E-state index in [1.807, 2.05) is 0 Å². The fraction of sp³-hybridized carbons (Fsp3) is 0.556. The fourth-order valence-electron chi connectivity index (χ4n) is 1.73. The van der Waals surface area contributed by atoms with Gasteiger partial charge in [0.25, 0.3) is 0 Å². The molecule has 0 unspecified atom stereocenters. The zero-order valence-corrected chi connectivity index (χ0v) is 11.6. The molecule has 1 aromatic rings. The van der Waals surface area contributed by atoms with Crippen molar-refractivity contribution < 1.29 is 69.4 Å². The molecule has 8 nitrogen and oxygen atoms in total. The molecule has 1 fully saturated rings. The van der Waals surface area contributed by atoms with E-state index in [0.29, 0.717) is 0 Å². The monoisotopic (exact) mass is 396 g/mol. The third-order valence-electron chi connectivity index (χ3n) is 2.64. The van der Waals surface area contributed by atoms with E-state index >= 15 is 0 Å². The van der Waals surface area contributed by atoms with Gasteiger partial charge in [0.2, 0.25) is 0 Å². The van der Waals surface area contributed by atoms with Crippen LogP contribution in [0, 0.1) is 49.4 Å². The Kier molecular flexibility index (Phi) is 5.84. The van der Waals surface area contributed by atoms with Crippen LogP contribution in [-0.2, 0) is 4.74 Å². The van der Waals surface area contributed by atoms with Crippen molar-refractivity contribution >= 4 is 5.82 Å². The number of hydrogen-bond acceptors (Lipinski definition) is 7. The quantitative estimate of drug-likeness (QED) is 0.433. The van der Waals surface area contributed by atoms with Crippen LogP contribution in [-0.4, -0.2) is 49.8 Å². The Bertz CT molecular complexity index is 468. The molecule has 4 atom stereocenters. The SMILES string of the molecule is Nc1ccn([C@@H]2O[C@H](CO)[C@@H](O)[C@H]2O)c(=O)n1.[Eu]. The number of rotatable bonds is 2. The summed E-state index contributed by atoms with van der Waals surface area (Å²) in [5, 5.41) is 28.2. The van der Waals surface area contributed by atoms with Crippen molar-refractivity contribution in [3.8, 4) is 0 Å². The minimum Gasteiger partial charge on any atom is -0.394 e. The van der Waals surface area contributed by atoms with Crippen LogP contribution >= 0.6 is 0 Å². The first kappa shape index (κ1) is 16.2. The molecule has 2 heterocycles. The Balaban J connectivity index is 0.00000162. The van der Waals surface area contributed by atoms with Crippen molar-refractivity contribution in [3.05, 3.63) is 22.7 Å². The van der Waals surface area contributed by atoms with Crippen molar-refractivity contribution in [2.75, 3.05) is 12.3 Å². The molecule has 0 amide bonds. The van der Waals surface area contributed by atoms with Crippen LogP contribution in [0.25, 0.3) is 0 Å². The number of anilines is 1. The second-order valence-corrected chi connectivity index (χ2v) is 3.77. The average Bonchev–Trinajstić information content (AvgIpc) is 2.57. The van der Waals surface area contributed by atoms with Crippen LogP contribution in [0.15, 0.2) is 17.1 Å². The summed E-state index contributed by atoms with van der Waals surface area (Å²) < 4.78 is 6.19. The van der Waals surface area contributed by atoms with Crippen LogP contribution < -0.4 is 11.4 Å². The Morgan fingerprint density at radius 3 is 2.61 bits per heavy atom. The van der Waals surface area contributed by atoms with Gasteiger partial charge >= 0.3 is 5.69 Å². The van der Waals surface area contributed by atoms with Crippen LogP contribution in [0.1, 0.15) is 6.23 Å². The number of nitrogen functional groups attached to an aromatic ring is 1. The molecule has 2 rings (SSSR count). The molecule has 0 aliphatic carbocycles. The molecule has 0 spiro atoms. The molecule has 0 aromatic carbocycles. The van der Waals surface area contributed by atoms with Crippen LogP contribution in [0.2, 0.25) is 0 Å². The summed E-state index contributed by atoms with van der Waals surface area (Å²) in [5.41, 5.74) is 4.63. The number of nitrogens with two attached hydrogens (primary N) is 1. The molecule has 0 bridgehead atoms. The number of aliphatic hydroxyl groups is 3. The molecular weight excluding hydrogens is 382 g/mol. The second-order valence-electron chi connectivity index (χ2n) is 3.77. The number of hydrogen-bond donors (Lipinski definition) is 4. The summed E-state index contributed by atoms with van der Waals surface area (Å²) in [6.07, 6.45) is -3.27.